The van der Waals surface area contributed by atoms with Crippen molar-refractivity contribution < 1.29 is 13.2 Å². The Balaban J connectivity index is 1.21. The monoisotopic (exact) mass is 593 g/mol. The number of anilines is 1. The SMILES string of the molecule is Cc1ncc(C(=O)NS(=O)(=O)c2ccc(N3CCN(CC4=C(c5ccc(Cl)cc5)CC(C)(C)CC4)CC3)cc2)cn1. The van der Waals surface area contributed by atoms with E-state index in [4.69, 9.17) is 11.6 Å². The number of carbonyl (C=O) groups excluding carboxylic acids is 1. The van der Waals surface area contributed by atoms with Gasteiger partial charge in [-0.25, -0.2) is 23.1 Å². The zero-order valence-electron chi connectivity index (χ0n) is 23.7. The third-order valence-corrected chi connectivity index (χ3v) is 9.55. The highest BCUT2D eigenvalue weighted by atomic mass is 35.5. The van der Waals surface area contributed by atoms with Crippen LogP contribution in [0.25, 0.3) is 5.57 Å². The molecule has 0 bridgehead atoms. The Kier molecular flexibility index (Phi) is 8.50. The van der Waals surface area contributed by atoms with Gasteiger partial charge in [-0.1, -0.05) is 43.2 Å². The predicted molar refractivity (Wildman–Crippen MR) is 163 cm³/mol. The molecule has 2 aromatic carbocycles. The minimum Gasteiger partial charge on any atom is -0.369 e. The molecule has 3 aromatic rings. The first-order valence-corrected chi connectivity index (χ1v) is 15.8. The summed E-state index contributed by atoms with van der Waals surface area (Å²) in [5.74, 6) is -0.264. The third kappa shape index (κ3) is 7.15. The summed E-state index contributed by atoms with van der Waals surface area (Å²) >= 11 is 6.16. The van der Waals surface area contributed by atoms with E-state index in [1.165, 1.54) is 47.7 Å². The number of nitrogens with zero attached hydrogens (tertiary/aromatic N) is 4. The molecule has 1 aliphatic carbocycles. The van der Waals surface area contributed by atoms with E-state index in [0.717, 1.165) is 56.3 Å². The van der Waals surface area contributed by atoms with Gasteiger partial charge in [-0.2, -0.15) is 0 Å². The highest BCUT2D eigenvalue weighted by molar-refractivity contribution is 7.90. The van der Waals surface area contributed by atoms with Gasteiger partial charge in [0.15, 0.2) is 0 Å². The normalized spacial score (nSPS) is 17.9. The summed E-state index contributed by atoms with van der Waals surface area (Å²) in [5.41, 5.74) is 5.58. The Hall–Kier alpha value is -3.27. The molecule has 0 spiro atoms. The van der Waals surface area contributed by atoms with Crippen molar-refractivity contribution in [3.8, 4) is 0 Å². The fraction of sp³-hybridized carbons (Fsp3) is 0.387. The molecule has 1 fully saturated rings. The average Bonchev–Trinajstić information content (AvgIpc) is 2.95. The zero-order valence-corrected chi connectivity index (χ0v) is 25.3. The van der Waals surface area contributed by atoms with E-state index >= 15 is 0 Å². The number of hydrogen-bond acceptors (Lipinski definition) is 7. The van der Waals surface area contributed by atoms with Crippen molar-refractivity contribution in [2.24, 2.45) is 5.41 Å². The number of benzene rings is 2. The molecule has 1 aromatic heterocycles. The van der Waals surface area contributed by atoms with Crippen LogP contribution in [0.1, 0.15) is 54.9 Å². The number of hydrogen-bond donors (Lipinski definition) is 1. The quantitative estimate of drug-likeness (QED) is 0.395. The van der Waals surface area contributed by atoms with Crippen molar-refractivity contribution in [2.75, 3.05) is 37.6 Å². The average molecular weight is 594 g/mol. The van der Waals surface area contributed by atoms with Crippen LogP contribution in [0.2, 0.25) is 5.02 Å². The predicted octanol–water partition coefficient (Wildman–Crippen LogP) is 5.34. The van der Waals surface area contributed by atoms with E-state index in [0.29, 0.717) is 5.82 Å². The molecule has 1 saturated heterocycles. The third-order valence-electron chi connectivity index (χ3n) is 7.95. The van der Waals surface area contributed by atoms with Crippen LogP contribution in [0.4, 0.5) is 5.69 Å². The van der Waals surface area contributed by atoms with E-state index in [9.17, 15) is 13.2 Å². The van der Waals surface area contributed by atoms with Gasteiger partial charge in [-0.15, -0.1) is 0 Å². The van der Waals surface area contributed by atoms with Crippen molar-refractivity contribution in [1.29, 1.82) is 0 Å². The molecule has 0 radical (unpaired) electrons. The molecule has 1 aliphatic heterocycles. The number of piperazine rings is 1. The maximum absolute atomic E-state index is 12.8. The van der Waals surface area contributed by atoms with Gasteiger partial charge in [0, 0.05) is 55.8 Å². The lowest BCUT2D eigenvalue weighted by atomic mass is 9.72. The molecule has 0 atom stereocenters. The maximum atomic E-state index is 12.8. The Labute approximate surface area is 247 Å². The molecule has 1 amide bonds. The number of allylic oxidation sites excluding steroid dienone is 1. The van der Waals surface area contributed by atoms with E-state index < -0.39 is 15.9 Å². The summed E-state index contributed by atoms with van der Waals surface area (Å²) in [6.45, 7) is 10.9. The second kappa shape index (κ2) is 11.9. The minimum absolute atomic E-state index is 0.0307. The van der Waals surface area contributed by atoms with Gasteiger partial charge >= 0.3 is 0 Å². The Morgan fingerprint density at radius 1 is 0.976 bits per heavy atom. The van der Waals surface area contributed by atoms with Crippen LogP contribution in [0.5, 0.6) is 0 Å². The van der Waals surface area contributed by atoms with Crippen LogP contribution in [-0.2, 0) is 10.0 Å². The van der Waals surface area contributed by atoms with Gasteiger partial charge in [0.25, 0.3) is 15.9 Å². The molecule has 0 unspecified atom stereocenters. The Morgan fingerprint density at radius 3 is 2.24 bits per heavy atom. The number of aromatic nitrogens is 2. The lowest BCUT2D eigenvalue weighted by molar-refractivity contribution is 0.0980. The van der Waals surface area contributed by atoms with Gasteiger partial charge in [-0.3, -0.25) is 9.69 Å². The van der Waals surface area contributed by atoms with Crippen molar-refractivity contribution >= 4 is 38.8 Å². The molecule has 8 nitrogen and oxygen atoms in total. The highest BCUT2D eigenvalue weighted by Gasteiger charge is 2.29. The van der Waals surface area contributed by atoms with Crippen LogP contribution in [0, 0.1) is 12.3 Å². The topological polar surface area (TPSA) is 95.5 Å². The molecular weight excluding hydrogens is 558 g/mol. The van der Waals surface area contributed by atoms with Crippen molar-refractivity contribution in [3.05, 3.63) is 88.5 Å². The standard InChI is InChI=1S/C31H36ClN5O3S/c1-22-33-19-25(20-34-22)30(38)35-41(39,40)28-10-8-27(9-11-28)37-16-14-36(15-17-37)21-24-12-13-31(2,3)18-29(24)23-4-6-26(32)7-5-23/h4-11,19-20H,12-18,21H2,1-3H3,(H,35,38). The van der Waals surface area contributed by atoms with Crippen molar-refractivity contribution in [3.63, 3.8) is 0 Å². The van der Waals surface area contributed by atoms with E-state index in [1.54, 1.807) is 19.1 Å². The number of carbonyl (C=O) groups is 1. The number of rotatable bonds is 7. The molecular formula is C31H36ClN5O3S. The lowest BCUT2D eigenvalue weighted by Crippen LogP contribution is -2.47. The first-order chi connectivity index (χ1) is 19.5. The lowest BCUT2D eigenvalue weighted by Gasteiger charge is -2.39. The number of amides is 1. The molecule has 2 heterocycles. The number of nitrogens with one attached hydrogen (secondary N) is 1. The van der Waals surface area contributed by atoms with Crippen molar-refractivity contribution in [1.82, 2.24) is 19.6 Å². The van der Waals surface area contributed by atoms with Gasteiger partial charge in [-0.05, 0) is 79.1 Å². The van der Waals surface area contributed by atoms with Crippen LogP contribution in [0.15, 0.2) is 71.4 Å². The van der Waals surface area contributed by atoms with Gasteiger partial charge in [0.1, 0.15) is 5.82 Å². The summed E-state index contributed by atoms with van der Waals surface area (Å²) in [4.78, 5) is 25.1. The molecule has 5 rings (SSSR count). The van der Waals surface area contributed by atoms with Gasteiger partial charge in [0.05, 0.1) is 10.5 Å². The fourth-order valence-electron chi connectivity index (χ4n) is 5.48. The Bertz CT molecular complexity index is 1530. The Morgan fingerprint density at radius 2 is 1.61 bits per heavy atom. The van der Waals surface area contributed by atoms with E-state index in [-0.39, 0.29) is 15.9 Å². The summed E-state index contributed by atoms with van der Waals surface area (Å²) in [6.07, 6.45) is 5.97. The zero-order chi connectivity index (χ0) is 29.2. The highest BCUT2D eigenvalue weighted by Crippen LogP contribution is 2.43. The molecule has 41 heavy (non-hydrogen) atoms. The number of aryl methyl sites for hydroxylation is 1. The molecule has 10 heteroatoms. The first kappa shape index (κ1) is 29.2. The second-order valence-electron chi connectivity index (χ2n) is 11.6. The molecule has 2 aliphatic rings. The first-order valence-electron chi connectivity index (χ1n) is 13.9. The number of sulfonamides is 1. The second-order valence-corrected chi connectivity index (χ2v) is 13.8. The summed E-state index contributed by atoms with van der Waals surface area (Å²) in [5, 5.41) is 0.759. The molecule has 0 saturated carbocycles. The summed E-state index contributed by atoms with van der Waals surface area (Å²) in [7, 11) is -4.02. The molecule has 1 N–H and O–H groups in total. The van der Waals surface area contributed by atoms with Crippen LogP contribution >= 0.6 is 11.6 Å². The number of halogens is 1. The van der Waals surface area contributed by atoms with Crippen LogP contribution in [-0.4, -0.2) is 61.9 Å². The minimum atomic E-state index is -4.02. The van der Waals surface area contributed by atoms with E-state index in [1.807, 2.05) is 12.1 Å². The molecule has 216 valence electrons. The van der Waals surface area contributed by atoms with E-state index in [2.05, 4.69) is 50.5 Å². The van der Waals surface area contributed by atoms with Crippen molar-refractivity contribution in [2.45, 2.75) is 44.9 Å². The van der Waals surface area contributed by atoms with Crippen LogP contribution in [0.3, 0.4) is 0 Å². The smallest absolute Gasteiger partial charge is 0.268 e. The summed E-state index contributed by atoms with van der Waals surface area (Å²) < 4.78 is 27.7. The van der Waals surface area contributed by atoms with Gasteiger partial charge < -0.3 is 4.90 Å². The maximum Gasteiger partial charge on any atom is 0.268 e. The van der Waals surface area contributed by atoms with Crippen LogP contribution < -0.4 is 9.62 Å². The largest absolute Gasteiger partial charge is 0.369 e. The summed E-state index contributed by atoms with van der Waals surface area (Å²) in [6, 6.07) is 14.9. The fourth-order valence-corrected chi connectivity index (χ4v) is 6.58. The van der Waals surface area contributed by atoms with Gasteiger partial charge in [0.2, 0.25) is 0 Å².